The first-order valence-electron chi connectivity index (χ1n) is 10.9. The molecule has 5 rings (SSSR count). The second-order valence-electron chi connectivity index (χ2n) is 8.06. The van der Waals surface area contributed by atoms with Gasteiger partial charge >= 0.3 is 5.97 Å². The molecule has 0 aliphatic heterocycles. The molecule has 170 valence electrons. The van der Waals surface area contributed by atoms with E-state index in [1.807, 2.05) is 4.40 Å². The molecule has 3 heterocycles. The molecule has 10 heteroatoms. The monoisotopic (exact) mass is 481 g/mol. The number of carbonyl (C=O) groups excluding carboxylic acids is 2. The van der Waals surface area contributed by atoms with Gasteiger partial charge in [0.25, 0.3) is 0 Å². The standard InChI is InChI=1S/C23H23N5O3S2/c1-3-31-22(30)14-6-4-5-7-16(14)25-18(29)11-32-23-27-26-20-19-15-9-8-13(2)10-17(15)33-21(19)24-12-28(20)23/h4-7,12-13H,3,8-11H2,1-2H3,(H,25,29). The second-order valence-corrected chi connectivity index (χ2v) is 10.1. The number of hydrogen-bond acceptors (Lipinski definition) is 8. The maximum Gasteiger partial charge on any atom is 0.340 e. The highest BCUT2D eigenvalue weighted by Gasteiger charge is 2.24. The third-order valence-electron chi connectivity index (χ3n) is 5.70. The minimum Gasteiger partial charge on any atom is -0.462 e. The number of ether oxygens (including phenoxy) is 1. The van der Waals surface area contributed by atoms with Crippen molar-refractivity contribution in [1.82, 2.24) is 19.6 Å². The number of amides is 1. The van der Waals surface area contributed by atoms with Crippen molar-refractivity contribution >= 4 is 56.5 Å². The zero-order chi connectivity index (χ0) is 22.9. The van der Waals surface area contributed by atoms with Crippen molar-refractivity contribution in [3.8, 4) is 0 Å². The van der Waals surface area contributed by atoms with E-state index < -0.39 is 5.97 Å². The van der Waals surface area contributed by atoms with Crippen molar-refractivity contribution < 1.29 is 14.3 Å². The maximum absolute atomic E-state index is 12.6. The summed E-state index contributed by atoms with van der Waals surface area (Å²) in [5.41, 5.74) is 2.90. The lowest BCUT2D eigenvalue weighted by atomic mass is 9.89. The van der Waals surface area contributed by atoms with Crippen LogP contribution < -0.4 is 5.32 Å². The van der Waals surface area contributed by atoms with Gasteiger partial charge in [0.15, 0.2) is 10.8 Å². The fraction of sp³-hybridized carbons (Fsp3) is 0.348. The van der Waals surface area contributed by atoms with Crippen LogP contribution in [0, 0.1) is 5.92 Å². The lowest BCUT2D eigenvalue weighted by molar-refractivity contribution is -0.113. The molecule has 3 aromatic heterocycles. The fourth-order valence-corrected chi connectivity index (χ4v) is 6.16. The molecule has 1 atom stereocenters. The number of nitrogens with one attached hydrogen (secondary N) is 1. The molecule has 0 bridgehead atoms. The normalized spacial score (nSPS) is 15.5. The van der Waals surface area contributed by atoms with Crippen LogP contribution >= 0.6 is 23.1 Å². The number of thiophene rings is 1. The number of thioether (sulfide) groups is 1. The number of carbonyl (C=O) groups is 2. The Morgan fingerprint density at radius 1 is 1.30 bits per heavy atom. The van der Waals surface area contributed by atoms with Crippen LogP contribution in [0.25, 0.3) is 15.9 Å². The third kappa shape index (κ3) is 4.20. The predicted octanol–water partition coefficient (Wildman–Crippen LogP) is 4.37. The molecule has 4 aromatic rings. The lowest BCUT2D eigenvalue weighted by Gasteiger charge is -2.17. The highest BCUT2D eigenvalue weighted by atomic mass is 32.2. The smallest absolute Gasteiger partial charge is 0.340 e. The van der Waals surface area contributed by atoms with E-state index in [0.717, 1.165) is 28.7 Å². The van der Waals surface area contributed by atoms with Crippen LogP contribution in [0.3, 0.4) is 0 Å². The fourth-order valence-electron chi connectivity index (χ4n) is 4.11. The summed E-state index contributed by atoms with van der Waals surface area (Å²) in [6.07, 6.45) is 5.03. The molecule has 0 radical (unpaired) electrons. The Bertz CT molecular complexity index is 1360. The Balaban J connectivity index is 1.34. The number of esters is 1. The minimum atomic E-state index is -0.465. The highest BCUT2D eigenvalue weighted by Crippen LogP contribution is 2.39. The molecule has 1 aliphatic carbocycles. The Labute approximate surface area is 198 Å². The van der Waals surface area contributed by atoms with Gasteiger partial charge < -0.3 is 10.1 Å². The van der Waals surface area contributed by atoms with E-state index in [0.29, 0.717) is 22.3 Å². The summed E-state index contributed by atoms with van der Waals surface area (Å²) in [6, 6.07) is 6.81. The van der Waals surface area contributed by atoms with E-state index in [1.165, 1.54) is 28.6 Å². The highest BCUT2D eigenvalue weighted by molar-refractivity contribution is 7.99. The molecule has 8 nitrogen and oxygen atoms in total. The summed E-state index contributed by atoms with van der Waals surface area (Å²) in [7, 11) is 0. The summed E-state index contributed by atoms with van der Waals surface area (Å²) in [6.45, 7) is 4.30. The first-order chi connectivity index (χ1) is 16.0. The van der Waals surface area contributed by atoms with E-state index in [4.69, 9.17) is 4.74 Å². The molecule has 0 saturated carbocycles. The van der Waals surface area contributed by atoms with Gasteiger partial charge in [0, 0.05) is 4.88 Å². The van der Waals surface area contributed by atoms with Gasteiger partial charge in [0.2, 0.25) is 5.91 Å². The maximum atomic E-state index is 12.6. The van der Waals surface area contributed by atoms with Gasteiger partial charge in [-0.3, -0.25) is 9.20 Å². The van der Waals surface area contributed by atoms with Crippen molar-refractivity contribution in [2.75, 3.05) is 17.7 Å². The van der Waals surface area contributed by atoms with Gasteiger partial charge in [-0.25, -0.2) is 9.78 Å². The van der Waals surface area contributed by atoms with E-state index in [9.17, 15) is 9.59 Å². The Morgan fingerprint density at radius 2 is 2.15 bits per heavy atom. The number of para-hydroxylation sites is 1. The number of benzene rings is 1. The van der Waals surface area contributed by atoms with E-state index in [2.05, 4.69) is 27.4 Å². The predicted molar refractivity (Wildman–Crippen MR) is 129 cm³/mol. The summed E-state index contributed by atoms with van der Waals surface area (Å²) < 4.78 is 6.93. The van der Waals surface area contributed by atoms with E-state index in [-0.39, 0.29) is 18.3 Å². The molecular formula is C23H23N5O3S2. The van der Waals surface area contributed by atoms with Crippen LogP contribution in [0.15, 0.2) is 35.7 Å². The quantitative estimate of drug-likeness (QED) is 0.322. The molecule has 0 spiro atoms. The number of anilines is 1. The number of aromatic nitrogens is 4. The summed E-state index contributed by atoms with van der Waals surface area (Å²) in [4.78, 5) is 31.8. The van der Waals surface area contributed by atoms with Gasteiger partial charge in [-0.2, -0.15) is 0 Å². The Morgan fingerprint density at radius 3 is 3.00 bits per heavy atom. The van der Waals surface area contributed by atoms with Crippen molar-refractivity contribution in [3.05, 3.63) is 46.6 Å². The van der Waals surface area contributed by atoms with Gasteiger partial charge in [-0.1, -0.05) is 30.8 Å². The van der Waals surface area contributed by atoms with Gasteiger partial charge in [0.1, 0.15) is 11.2 Å². The van der Waals surface area contributed by atoms with Crippen LogP contribution in [0.2, 0.25) is 0 Å². The Kier molecular flexibility index (Phi) is 6.03. The third-order valence-corrected chi connectivity index (χ3v) is 7.81. The summed E-state index contributed by atoms with van der Waals surface area (Å²) in [5.74, 6) is 0.102. The number of fused-ring (bicyclic) bond motifs is 5. The molecule has 0 saturated heterocycles. The van der Waals surface area contributed by atoms with Gasteiger partial charge in [-0.05, 0) is 49.8 Å². The van der Waals surface area contributed by atoms with Gasteiger partial charge in [-0.15, -0.1) is 21.5 Å². The molecular weight excluding hydrogens is 458 g/mol. The SMILES string of the molecule is CCOC(=O)c1ccccc1NC(=O)CSc1nnc2c3c4c(sc3ncn12)CC(C)CC4. The lowest BCUT2D eigenvalue weighted by Crippen LogP contribution is -2.17. The second kappa shape index (κ2) is 9.11. The first-order valence-corrected chi connectivity index (χ1v) is 12.7. The van der Waals surface area contributed by atoms with Crippen molar-refractivity contribution in [3.63, 3.8) is 0 Å². The first kappa shape index (κ1) is 21.8. The molecule has 1 aromatic carbocycles. The van der Waals surface area contributed by atoms with Crippen molar-refractivity contribution in [2.45, 2.75) is 38.3 Å². The average molecular weight is 482 g/mol. The average Bonchev–Trinajstić information content (AvgIpc) is 3.38. The molecule has 33 heavy (non-hydrogen) atoms. The number of hydrogen-bond donors (Lipinski definition) is 1. The number of nitrogens with zero attached hydrogens (tertiary/aromatic N) is 4. The molecule has 1 aliphatic rings. The van der Waals surface area contributed by atoms with E-state index >= 15 is 0 Å². The molecule has 1 amide bonds. The van der Waals surface area contributed by atoms with E-state index in [1.54, 1.807) is 48.9 Å². The van der Waals surface area contributed by atoms with Crippen molar-refractivity contribution in [2.24, 2.45) is 5.92 Å². The largest absolute Gasteiger partial charge is 0.462 e. The van der Waals surface area contributed by atoms with Crippen LogP contribution in [0.5, 0.6) is 0 Å². The zero-order valence-electron chi connectivity index (χ0n) is 18.3. The van der Waals surface area contributed by atoms with Crippen LogP contribution in [-0.4, -0.2) is 43.8 Å². The van der Waals surface area contributed by atoms with Gasteiger partial charge in [0.05, 0.1) is 29.0 Å². The van der Waals surface area contributed by atoms with Crippen LogP contribution in [0.1, 0.15) is 41.1 Å². The molecule has 0 fully saturated rings. The number of rotatable bonds is 6. The number of aryl methyl sites for hydroxylation is 1. The van der Waals surface area contributed by atoms with Crippen LogP contribution in [0.4, 0.5) is 5.69 Å². The zero-order valence-corrected chi connectivity index (χ0v) is 20.0. The Hall–Kier alpha value is -2.98. The van der Waals surface area contributed by atoms with Crippen molar-refractivity contribution in [1.29, 1.82) is 0 Å². The molecule has 1 unspecified atom stereocenters. The topological polar surface area (TPSA) is 98.5 Å². The molecule has 1 N–H and O–H groups in total. The minimum absolute atomic E-state index is 0.120. The summed E-state index contributed by atoms with van der Waals surface area (Å²) in [5, 5.41) is 13.3. The van der Waals surface area contributed by atoms with Crippen LogP contribution in [-0.2, 0) is 22.4 Å². The summed E-state index contributed by atoms with van der Waals surface area (Å²) >= 11 is 3.04.